The zero-order valence-electron chi connectivity index (χ0n) is 17.2. The molecule has 7 nitrogen and oxygen atoms in total. The number of urea groups is 1. The number of amides is 4. The van der Waals surface area contributed by atoms with Crippen LogP contribution in [0, 0.1) is 18.3 Å². The van der Waals surface area contributed by atoms with Crippen molar-refractivity contribution in [2.24, 2.45) is 11.3 Å². The Morgan fingerprint density at radius 3 is 2.64 bits per heavy atom. The van der Waals surface area contributed by atoms with Crippen molar-refractivity contribution in [3.05, 3.63) is 23.9 Å². The third-order valence-electron chi connectivity index (χ3n) is 6.59. The first-order valence-corrected chi connectivity index (χ1v) is 10.0. The highest BCUT2D eigenvalue weighted by molar-refractivity contribution is 6.10. The molecule has 1 saturated heterocycles. The summed E-state index contributed by atoms with van der Waals surface area (Å²) >= 11 is 0. The van der Waals surface area contributed by atoms with E-state index in [0.717, 1.165) is 29.7 Å². The number of nitrogens with one attached hydrogen (secondary N) is 2. The normalized spacial score (nSPS) is 25.1. The van der Waals surface area contributed by atoms with Crippen LogP contribution < -0.4 is 10.6 Å². The molecule has 2 aliphatic rings. The van der Waals surface area contributed by atoms with E-state index in [0.29, 0.717) is 24.6 Å². The van der Waals surface area contributed by atoms with E-state index in [1.165, 1.54) is 0 Å². The quantitative estimate of drug-likeness (QED) is 0.760. The Hall–Kier alpha value is -2.44. The number of aromatic nitrogens is 1. The average molecular weight is 386 g/mol. The summed E-state index contributed by atoms with van der Waals surface area (Å²) in [6.45, 7) is 8.32. The third-order valence-corrected chi connectivity index (χ3v) is 6.59. The van der Waals surface area contributed by atoms with Gasteiger partial charge in [0.2, 0.25) is 5.91 Å². The number of hydrogen-bond donors (Lipinski definition) is 2. The number of imide groups is 1. The number of rotatable bonds is 5. The van der Waals surface area contributed by atoms with Gasteiger partial charge in [0.05, 0.1) is 0 Å². The first-order valence-electron chi connectivity index (χ1n) is 10.0. The van der Waals surface area contributed by atoms with Gasteiger partial charge < -0.3 is 10.6 Å². The van der Waals surface area contributed by atoms with E-state index in [2.05, 4.69) is 36.4 Å². The first kappa shape index (κ1) is 20.3. The monoisotopic (exact) mass is 386 g/mol. The van der Waals surface area contributed by atoms with Gasteiger partial charge in [-0.2, -0.15) is 0 Å². The number of aryl methyl sites for hydroxylation is 1. The topological polar surface area (TPSA) is 91.4 Å². The van der Waals surface area contributed by atoms with Crippen molar-refractivity contribution in [2.45, 2.75) is 65.3 Å². The lowest BCUT2D eigenvalue weighted by atomic mass is 9.65. The number of carbonyl (C=O) groups excluding carboxylic acids is 3. The van der Waals surface area contributed by atoms with Crippen molar-refractivity contribution in [1.82, 2.24) is 15.2 Å². The molecule has 0 aromatic carbocycles. The molecule has 1 aromatic heterocycles. The molecule has 1 saturated carbocycles. The second-order valence-corrected chi connectivity index (χ2v) is 8.79. The largest absolute Gasteiger partial charge is 0.325 e. The van der Waals surface area contributed by atoms with Crippen molar-refractivity contribution in [3.8, 4) is 0 Å². The molecule has 7 heteroatoms. The van der Waals surface area contributed by atoms with Crippen LogP contribution in [-0.2, 0) is 9.59 Å². The van der Waals surface area contributed by atoms with Crippen molar-refractivity contribution in [2.75, 3.05) is 11.9 Å². The molecule has 0 radical (unpaired) electrons. The zero-order chi connectivity index (χ0) is 20.5. The number of pyridine rings is 1. The van der Waals surface area contributed by atoms with Gasteiger partial charge in [0, 0.05) is 6.20 Å². The van der Waals surface area contributed by atoms with E-state index in [9.17, 15) is 14.4 Å². The molecule has 3 rings (SSSR count). The van der Waals surface area contributed by atoms with Crippen LogP contribution in [0.25, 0.3) is 0 Å². The highest BCUT2D eigenvalue weighted by atomic mass is 16.2. The van der Waals surface area contributed by atoms with Crippen LogP contribution >= 0.6 is 0 Å². The fourth-order valence-corrected chi connectivity index (χ4v) is 4.27. The maximum absolute atomic E-state index is 13.0. The van der Waals surface area contributed by atoms with Crippen LogP contribution in [0.5, 0.6) is 0 Å². The summed E-state index contributed by atoms with van der Waals surface area (Å²) < 4.78 is 0. The minimum atomic E-state index is -0.848. The van der Waals surface area contributed by atoms with Crippen molar-refractivity contribution < 1.29 is 14.4 Å². The molecular weight excluding hydrogens is 356 g/mol. The van der Waals surface area contributed by atoms with Gasteiger partial charge in [-0.25, -0.2) is 9.78 Å². The maximum atomic E-state index is 13.0. The summed E-state index contributed by atoms with van der Waals surface area (Å²) in [7, 11) is 0. The van der Waals surface area contributed by atoms with Crippen molar-refractivity contribution in [3.63, 3.8) is 0 Å². The van der Waals surface area contributed by atoms with E-state index in [4.69, 9.17) is 0 Å². The average Bonchev–Trinajstić information content (AvgIpc) is 2.86. The van der Waals surface area contributed by atoms with E-state index in [1.54, 1.807) is 12.3 Å². The SMILES string of the molecule is CCC(C)(C)C1CCC2(CC1)NC(=O)N(CC(=O)Nc1cc(C)ccn1)C2=O. The Morgan fingerprint density at radius 2 is 2.04 bits per heavy atom. The molecule has 2 heterocycles. The van der Waals surface area contributed by atoms with Crippen LogP contribution in [0.1, 0.15) is 58.4 Å². The lowest BCUT2D eigenvalue weighted by Gasteiger charge is -2.42. The Bertz CT molecular complexity index is 782. The minimum absolute atomic E-state index is 0.230. The third kappa shape index (κ3) is 3.88. The molecule has 28 heavy (non-hydrogen) atoms. The molecule has 0 bridgehead atoms. The van der Waals surface area contributed by atoms with Crippen LogP contribution in [0.15, 0.2) is 18.3 Å². The molecule has 1 aliphatic carbocycles. The molecule has 2 fully saturated rings. The summed E-state index contributed by atoms with van der Waals surface area (Å²) in [5.74, 6) is 0.240. The second kappa shape index (κ2) is 7.53. The number of nitrogens with zero attached hydrogens (tertiary/aromatic N) is 2. The lowest BCUT2D eigenvalue weighted by molar-refractivity contribution is -0.135. The Morgan fingerprint density at radius 1 is 1.36 bits per heavy atom. The van der Waals surface area contributed by atoms with Gasteiger partial charge >= 0.3 is 6.03 Å². The van der Waals surface area contributed by atoms with Crippen LogP contribution in [0.2, 0.25) is 0 Å². The van der Waals surface area contributed by atoms with E-state index in [1.807, 2.05) is 13.0 Å². The molecule has 1 aliphatic heterocycles. The summed E-state index contributed by atoms with van der Waals surface area (Å²) in [6, 6.07) is 3.08. The smallest absolute Gasteiger partial charge is 0.323 e. The van der Waals surface area contributed by atoms with Crippen LogP contribution in [0.4, 0.5) is 10.6 Å². The molecule has 152 valence electrons. The van der Waals surface area contributed by atoms with Gasteiger partial charge in [-0.1, -0.05) is 27.2 Å². The first-order chi connectivity index (χ1) is 13.2. The minimum Gasteiger partial charge on any atom is -0.323 e. The predicted molar refractivity (Wildman–Crippen MR) is 107 cm³/mol. The molecular formula is C21H30N4O3. The van der Waals surface area contributed by atoms with Gasteiger partial charge in [0.1, 0.15) is 17.9 Å². The molecule has 0 unspecified atom stereocenters. The fraction of sp³-hybridized carbons (Fsp3) is 0.619. The van der Waals surface area contributed by atoms with Gasteiger partial charge in [-0.3, -0.25) is 14.5 Å². The Kier molecular flexibility index (Phi) is 5.46. The van der Waals surface area contributed by atoms with E-state index < -0.39 is 17.5 Å². The summed E-state index contributed by atoms with van der Waals surface area (Å²) in [5, 5.41) is 5.53. The summed E-state index contributed by atoms with van der Waals surface area (Å²) in [6.07, 6.45) is 5.75. The zero-order valence-corrected chi connectivity index (χ0v) is 17.2. The number of anilines is 1. The number of carbonyl (C=O) groups is 3. The van der Waals surface area contributed by atoms with Gasteiger partial charge in [-0.05, 0) is 61.6 Å². The molecule has 4 amide bonds. The molecule has 2 N–H and O–H groups in total. The predicted octanol–water partition coefficient (Wildman–Crippen LogP) is 3.25. The van der Waals surface area contributed by atoms with Gasteiger partial charge in [0.15, 0.2) is 0 Å². The van der Waals surface area contributed by atoms with Crippen molar-refractivity contribution in [1.29, 1.82) is 0 Å². The Labute approximate surface area is 166 Å². The van der Waals surface area contributed by atoms with E-state index >= 15 is 0 Å². The van der Waals surface area contributed by atoms with Crippen LogP contribution in [0.3, 0.4) is 0 Å². The summed E-state index contributed by atoms with van der Waals surface area (Å²) in [4.78, 5) is 42.9. The lowest BCUT2D eigenvalue weighted by Crippen LogP contribution is -2.51. The standard InChI is InChI=1S/C21H30N4O3/c1-5-20(3,4)15-6-9-21(10-7-15)18(27)25(19(28)24-21)13-17(26)23-16-12-14(2)8-11-22-16/h8,11-12,15H,5-7,9-10,13H2,1-4H3,(H,24,28)(H,22,23,26). The van der Waals surface area contributed by atoms with Gasteiger partial charge in [0.25, 0.3) is 5.91 Å². The van der Waals surface area contributed by atoms with E-state index in [-0.39, 0.29) is 17.9 Å². The van der Waals surface area contributed by atoms with Crippen molar-refractivity contribution >= 4 is 23.7 Å². The fourth-order valence-electron chi connectivity index (χ4n) is 4.27. The second-order valence-electron chi connectivity index (χ2n) is 8.79. The highest BCUT2D eigenvalue weighted by Crippen LogP contribution is 2.45. The highest BCUT2D eigenvalue weighted by Gasteiger charge is 2.53. The molecule has 1 spiro atoms. The number of hydrogen-bond acceptors (Lipinski definition) is 4. The Balaban J connectivity index is 1.63. The molecule has 0 atom stereocenters. The maximum Gasteiger partial charge on any atom is 0.325 e. The van der Waals surface area contributed by atoms with Crippen LogP contribution in [-0.4, -0.2) is 39.8 Å². The summed E-state index contributed by atoms with van der Waals surface area (Å²) in [5.41, 5.74) is 0.346. The molecule has 1 aromatic rings. The van der Waals surface area contributed by atoms with Gasteiger partial charge in [-0.15, -0.1) is 0 Å².